The van der Waals surface area contributed by atoms with E-state index in [9.17, 15) is 4.79 Å². The molecule has 1 aliphatic heterocycles. The Kier molecular flexibility index (Phi) is 6.94. The van der Waals surface area contributed by atoms with Crippen LogP contribution in [0, 0.1) is 0 Å². The van der Waals surface area contributed by atoms with Gasteiger partial charge in [-0.3, -0.25) is 4.79 Å². The highest BCUT2D eigenvalue weighted by molar-refractivity contribution is 6.20. The van der Waals surface area contributed by atoms with Crippen molar-refractivity contribution in [3.05, 3.63) is 90.0 Å². The second-order valence-corrected chi connectivity index (χ2v) is 9.83. The van der Waals surface area contributed by atoms with Gasteiger partial charge in [-0.2, -0.15) is 0 Å². The van der Waals surface area contributed by atoms with Gasteiger partial charge in [0.25, 0.3) is 0 Å². The quantitative estimate of drug-likeness (QED) is 0.213. The first-order valence-electron chi connectivity index (χ1n) is 12.0. The Morgan fingerprint density at radius 3 is 2.60 bits per heavy atom. The summed E-state index contributed by atoms with van der Waals surface area (Å²) in [4.78, 5) is 12.9. The lowest BCUT2D eigenvalue weighted by Gasteiger charge is -2.33. The van der Waals surface area contributed by atoms with Crippen molar-refractivity contribution in [2.45, 2.75) is 43.3 Å². The third-order valence-electron chi connectivity index (χ3n) is 6.85. The zero-order chi connectivity index (χ0) is 24.4. The first kappa shape index (κ1) is 23.7. The van der Waals surface area contributed by atoms with Crippen LogP contribution >= 0.6 is 11.6 Å². The molecule has 0 aliphatic carbocycles. The van der Waals surface area contributed by atoms with Crippen molar-refractivity contribution in [2.75, 3.05) is 13.7 Å². The number of carbonyl (C=O) groups is 1. The van der Waals surface area contributed by atoms with Crippen molar-refractivity contribution in [2.24, 2.45) is 0 Å². The van der Waals surface area contributed by atoms with Crippen molar-refractivity contribution < 1.29 is 19.0 Å². The zero-order valence-electron chi connectivity index (χ0n) is 19.9. The van der Waals surface area contributed by atoms with Crippen LogP contribution < -0.4 is 4.74 Å². The summed E-state index contributed by atoms with van der Waals surface area (Å²) in [6, 6.07) is 26.5. The first-order chi connectivity index (χ1) is 17.0. The molecule has 0 bridgehead atoms. The Bertz CT molecular complexity index is 1350. The molecule has 4 aromatic rings. The van der Waals surface area contributed by atoms with E-state index in [1.807, 2.05) is 55.5 Å². The number of halogens is 1. The molecule has 0 aromatic heterocycles. The number of ether oxygens (including phenoxy) is 3. The molecule has 1 fully saturated rings. The van der Waals surface area contributed by atoms with Crippen LogP contribution in [0.5, 0.6) is 5.75 Å². The molecule has 1 unspecified atom stereocenters. The number of esters is 1. The zero-order valence-corrected chi connectivity index (χ0v) is 20.7. The van der Waals surface area contributed by atoms with Crippen LogP contribution in [0.1, 0.15) is 42.9 Å². The van der Waals surface area contributed by atoms with Crippen molar-refractivity contribution in [1.82, 2.24) is 0 Å². The van der Waals surface area contributed by atoms with Crippen LogP contribution in [0.15, 0.2) is 78.9 Å². The standard InChI is InChI=1S/C30H29ClO4/c1-19(21-10-11-23-15-25(33-2)13-12-22(23)14-21)30(32)34-18-26-16-24(31)17-29(35-26)28-9-5-7-20-6-3-4-8-27(20)28/h3-15,19,24,26,29H,16-18H2,1-2H3/t19?,24-,26-,29+/m0/s1. The lowest BCUT2D eigenvalue weighted by molar-refractivity contribution is -0.153. The first-order valence-corrected chi connectivity index (χ1v) is 12.5. The number of benzene rings is 4. The highest BCUT2D eigenvalue weighted by atomic mass is 35.5. The van der Waals surface area contributed by atoms with E-state index in [1.54, 1.807) is 7.11 Å². The maximum absolute atomic E-state index is 12.9. The van der Waals surface area contributed by atoms with Crippen molar-refractivity contribution in [3.8, 4) is 5.75 Å². The molecule has 0 amide bonds. The molecule has 35 heavy (non-hydrogen) atoms. The van der Waals surface area contributed by atoms with E-state index >= 15 is 0 Å². The number of carbonyl (C=O) groups excluding carboxylic acids is 1. The summed E-state index contributed by atoms with van der Waals surface area (Å²) in [5, 5.41) is 4.43. The third-order valence-corrected chi connectivity index (χ3v) is 7.21. The maximum atomic E-state index is 12.9. The number of fused-ring (bicyclic) bond motifs is 2. The smallest absolute Gasteiger partial charge is 0.313 e. The van der Waals surface area contributed by atoms with Crippen molar-refractivity contribution in [3.63, 3.8) is 0 Å². The summed E-state index contributed by atoms with van der Waals surface area (Å²) in [7, 11) is 1.65. The van der Waals surface area contributed by atoms with Crippen LogP contribution in [0.4, 0.5) is 0 Å². The third kappa shape index (κ3) is 5.14. The molecule has 4 aromatic carbocycles. The number of rotatable bonds is 6. The van der Waals surface area contributed by atoms with Gasteiger partial charge in [-0.25, -0.2) is 0 Å². The molecule has 0 N–H and O–H groups in total. The van der Waals surface area contributed by atoms with Crippen LogP contribution in [-0.4, -0.2) is 31.2 Å². The summed E-state index contributed by atoms with van der Waals surface area (Å²) < 4.78 is 17.4. The molecule has 0 saturated carbocycles. The molecule has 1 aliphatic rings. The Morgan fingerprint density at radius 2 is 1.74 bits per heavy atom. The van der Waals surface area contributed by atoms with E-state index in [-0.39, 0.29) is 36.1 Å². The Balaban J connectivity index is 1.25. The molecule has 5 rings (SSSR count). The fourth-order valence-electron chi connectivity index (χ4n) is 4.87. The Morgan fingerprint density at radius 1 is 0.971 bits per heavy atom. The molecule has 0 radical (unpaired) electrons. The molecule has 4 atom stereocenters. The molecule has 5 heteroatoms. The van der Waals surface area contributed by atoms with Gasteiger partial charge in [-0.1, -0.05) is 66.7 Å². The SMILES string of the molecule is COc1ccc2cc(C(C)C(=O)OC[C@@H]3C[C@H](Cl)C[C@H](c4cccc5ccccc45)O3)ccc2c1. The van der Waals surface area contributed by atoms with E-state index in [0.29, 0.717) is 6.42 Å². The van der Waals surface area contributed by atoms with Gasteiger partial charge in [-0.05, 0) is 64.6 Å². The van der Waals surface area contributed by atoms with E-state index in [2.05, 4.69) is 30.3 Å². The minimum atomic E-state index is -0.384. The number of alkyl halides is 1. The maximum Gasteiger partial charge on any atom is 0.313 e. The molecule has 0 spiro atoms. The number of methoxy groups -OCH3 is 1. The second kappa shape index (κ2) is 10.3. The van der Waals surface area contributed by atoms with Crippen molar-refractivity contribution >= 4 is 39.1 Å². The van der Waals surface area contributed by atoms with Gasteiger partial charge in [0.15, 0.2) is 0 Å². The average Bonchev–Trinajstić information content (AvgIpc) is 2.90. The predicted octanol–water partition coefficient (Wildman–Crippen LogP) is 7.18. The molecular weight excluding hydrogens is 460 g/mol. The normalized spacial score (nSPS) is 21.1. The van der Waals surface area contributed by atoms with Gasteiger partial charge in [0.05, 0.1) is 25.2 Å². The van der Waals surface area contributed by atoms with Crippen LogP contribution in [0.2, 0.25) is 0 Å². The number of hydrogen-bond donors (Lipinski definition) is 0. The van der Waals surface area contributed by atoms with E-state index in [1.165, 1.54) is 10.8 Å². The van der Waals surface area contributed by atoms with Gasteiger partial charge < -0.3 is 14.2 Å². The summed E-state index contributed by atoms with van der Waals surface area (Å²) in [5.74, 6) is 0.162. The Hall–Kier alpha value is -3.08. The fraction of sp³-hybridized carbons (Fsp3) is 0.300. The predicted molar refractivity (Wildman–Crippen MR) is 140 cm³/mol. The highest BCUT2D eigenvalue weighted by Gasteiger charge is 2.31. The van der Waals surface area contributed by atoms with Crippen molar-refractivity contribution in [1.29, 1.82) is 0 Å². The second-order valence-electron chi connectivity index (χ2n) is 9.21. The number of hydrogen-bond acceptors (Lipinski definition) is 4. The van der Waals surface area contributed by atoms with Gasteiger partial charge in [0, 0.05) is 5.38 Å². The fourth-order valence-corrected chi connectivity index (χ4v) is 5.23. The van der Waals surface area contributed by atoms with Crippen LogP contribution in [-0.2, 0) is 14.3 Å². The molecular formula is C30H29ClO4. The highest BCUT2D eigenvalue weighted by Crippen LogP contribution is 2.37. The van der Waals surface area contributed by atoms with Crippen LogP contribution in [0.25, 0.3) is 21.5 Å². The summed E-state index contributed by atoms with van der Waals surface area (Å²) in [6.07, 6.45) is 1.02. The Labute approximate surface area is 210 Å². The summed E-state index contributed by atoms with van der Waals surface area (Å²) >= 11 is 6.63. The minimum Gasteiger partial charge on any atom is -0.497 e. The lowest BCUT2D eigenvalue weighted by Crippen LogP contribution is -2.33. The molecule has 1 heterocycles. The van der Waals surface area contributed by atoms with Crippen LogP contribution in [0.3, 0.4) is 0 Å². The van der Waals surface area contributed by atoms with Gasteiger partial charge in [0.2, 0.25) is 0 Å². The monoisotopic (exact) mass is 488 g/mol. The van der Waals surface area contributed by atoms with E-state index in [4.69, 9.17) is 25.8 Å². The summed E-state index contributed by atoms with van der Waals surface area (Å²) in [6.45, 7) is 2.07. The topological polar surface area (TPSA) is 44.8 Å². The lowest BCUT2D eigenvalue weighted by atomic mass is 9.94. The minimum absolute atomic E-state index is 0.0358. The molecule has 1 saturated heterocycles. The van der Waals surface area contributed by atoms with E-state index < -0.39 is 0 Å². The largest absolute Gasteiger partial charge is 0.497 e. The molecule has 180 valence electrons. The molecule has 4 nitrogen and oxygen atoms in total. The van der Waals surface area contributed by atoms with E-state index in [0.717, 1.165) is 34.1 Å². The van der Waals surface area contributed by atoms with Gasteiger partial charge >= 0.3 is 5.97 Å². The van der Waals surface area contributed by atoms with Gasteiger partial charge in [0.1, 0.15) is 12.4 Å². The van der Waals surface area contributed by atoms with Gasteiger partial charge in [-0.15, -0.1) is 11.6 Å². The summed E-state index contributed by atoms with van der Waals surface area (Å²) in [5.41, 5.74) is 2.05. The average molecular weight is 489 g/mol.